The highest BCUT2D eigenvalue weighted by Gasteiger charge is 2.24. The summed E-state index contributed by atoms with van der Waals surface area (Å²) in [6.45, 7) is 9.11. The standard InChI is InChI=1S/C10H21BrO2/c1-8(2)9(6-12-5)13-10(3,4)7-11/h8-9H,6-7H2,1-5H3. The second-order valence-electron chi connectivity index (χ2n) is 4.25. The largest absolute Gasteiger partial charge is 0.382 e. The molecule has 0 heterocycles. The van der Waals surface area contributed by atoms with E-state index in [-0.39, 0.29) is 11.7 Å². The smallest absolute Gasteiger partial charge is 0.0838 e. The Morgan fingerprint density at radius 1 is 1.31 bits per heavy atom. The fourth-order valence-corrected chi connectivity index (χ4v) is 1.10. The number of hydrogen-bond donors (Lipinski definition) is 0. The van der Waals surface area contributed by atoms with Gasteiger partial charge in [-0.2, -0.15) is 0 Å². The minimum atomic E-state index is -0.118. The van der Waals surface area contributed by atoms with Crippen LogP contribution in [0.2, 0.25) is 0 Å². The third-order valence-electron chi connectivity index (χ3n) is 1.87. The Morgan fingerprint density at radius 2 is 1.85 bits per heavy atom. The lowest BCUT2D eigenvalue weighted by molar-refractivity contribution is -0.102. The molecule has 0 saturated heterocycles. The van der Waals surface area contributed by atoms with E-state index < -0.39 is 0 Å². The van der Waals surface area contributed by atoms with Gasteiger partial charge in [0, 0.05) is 12.4 Å². The van der Waals surface area contributed by atoms with Gasteiger partial charge in [0.1, 0.15) is 0 Å². The molecule has 0 aromatic heterocycles. The van der Waals surface area contributed by atoms with Gasteiger partial charge in [0.25, 0.3) is 0 Å². The van der Waals surface area contributed by atoms with Gasteiger partial charge in [0.15, 0.2) is 0 Å². The van der Waals surface area contributed by atoms with Crippen molar-refractivity contribution in [3.05, 3.63) is 0 Å². The van der Waals surface area contributed by atoms with Gasteiger partial charge in [-0.1, -0.05) is 29.8 Å². The second kappa shape index (κ2) is 5.99. The molecule has 0 N–H and O–H groups in total. The number of rotatable bonds is 6. The highest BCUT2D eigenvalue weighted by Crippen LogP contribution is 2.19. The molecule has 0 fully saturated rings. The molecular weight excluding hydrogens is 232 g/mol. The molecule has 3 heteroatoms. The summed E-state index contributed by atoms with van der Waals surface area (Å²) in [6, 6.07) is 0. The van der Waals surface area contributed by atoms with E-state index in [1.54, 1.807) is 7.11 Å². The summed E-state index contributed by atoms with van der Waals surface area (Å²) >= 11 is 3.43. The number of ether oxygens (including phenoxy) is 2. The number of halogens is 1. The van der Waals surface area contributed by atoms with E-state index in [0.717, 1.165) is 5.33 Å². The van der Waals surface area contributed by atoms with Crippen LogP contribution in [0.15, 0.2) is 0 Å². The van der Waals surface area contributed by atoms with Gasteiger partial charge in [-0.05, 0) is 19.8 Å². The molecule has 0 aliphatic carbocycles. The summed E-state index contributed by atoms with van der Waals surface area (Å²) in [7, 11) is 1.71. The zero-order valence-corrected chi connectivity index (χ0v) is 10.8. The first kappa shape index (κ1) is 13.4. The van der Waals surface area contributed by atoms with Gasteiger partial charge >= 0.3 is 0 Å². The zero-order valence-electron chi connectivity index (χ0n) is 9.26. The normalized spacial score (nSPS) is 15.0. The third-order valence-corrected chi connectivity index (χ3v) is 3.22. The minimum Gasteiger partial charge on any atom is -0.382 e. The summed E-state index contributed by atoms with van der Waals surface area (Å²) < 4.78 is 11.0. The van der Waals surface area contributed by atoms with Crippen molar-refractivity contribution in [2.24, 2.45) is 5.92 Å². The Labute approximate surface area is 90.1 Å². The van der Waals surface area contributed by atoms with Crippen LogP contribution in [0.4, 0.5) is 0 Å². The van der Waals surface area contributed by atoms with Crippen molar-refractivity contribution in [1.29, 1.82) is 0 Å². The van der Waals surface area contributed by atoms with E-state index >= 15 is 0 Å². The molecule has 0 aromatic carbocycles. The van der Waals surface area contributed by atoms with Crippen LogP contribution in [0, 0.1) is 5.92 Å². The molecular formula is C10H21BrO2. The molecule has 0 aliphatic heterocycles. The highest BCUT2D eigenvalue weighted by atomic mass is 79.9. The molecule has 0 amide bonds. The quantitative estimate of drug-likeness (QED) is 0.678. The first-order chi connectivity index (χ1) is 5.93. The minimum absolute atomic E-state index is 0.118. The molecule has 13 heavy (non-hydrogen) atoms. The summed E-state index contributed by atoms with van der Waals surface area (Å²) in [5.41, 5.74) is -0.118. The van der Waals surface area contributed by atoms with Gasteiger partial charge in [-0.25, -0.2) is 0 Å². The Balaban J connectivity index is 4.08. The van der Waals surface area contributed by atoms with Crippen molar-refractivity contribution in [2.45, 2.75) is 39.4 Å². The summed E-state index contributed by atoms with van der Waals surface area (Å²) in [5.74, 6) is 0.485. The molecule has 80 valence electrons. The molecule has 0 aliphatic rings. The van der Waals surface area contributed by atoms with Crippen molar-refractivity contribution in [2.75, 3.05) is 19.0 Å². The molecule has 0 rings (SSSR count). The van der Waals surface area contributed by atoms with E-state index in [1.165, 1.54) is 0 Å². The van der Waals surface area contributed by atoms with Gasteiger partial charge in [-0.3, -0.25) is 0 Å². The molecule has 0 spiro atoms. The highest BCUT2D eigenvalue weighted by molar-refractivity contribution is 9.09. The lowest BCUT2D eigenvalue weighted by Crippen LogP contribution is -2.37. The Hall–Kier alpha value is 0.400. The van der Waals surface area contributed by atoms with E-state index in [9.17, 15) is 0 Å². The maximum Gasteiger partial charge on any atom is 0.0838 e. The predicted octanol–water partition coefficient (Wildman–Crippen LogP) is 2.85. The first-order valence-electron chi connectivity index (χ1n) is 4.65. The van der Waals surface area contributed by atoms with Gasteiger partial charge < -0.3 is 9.47 Å². The molecule has 1 atom stereocenters. The molecule has 0 bridgehead atoms. The zero-order chi connectivity index (χ0) is 10.5. The van der Waals surface area contributed by atoms with Crippen molar-refractivity contribution >= 4 is 15.9 Å². The van der Waals surface area contributed by atoms with Crippen LogP contribution in [0.1, 0.15) is 27.7 Å². The predicted molar refractivity (Wildman–Crippen MR) is 59.5 cm³/mol. The summed E-state index contributed by atoms with van der Waals surface area (Å²) in [6.07, 6.45) is 0.178. The van der Waals surface area contributed by atoms with E-state index in [0.29, 0.717) is 12.5 Å². The van der Waals surface area contributed by atoms with Crippen LogP contribution in [0.3, 0.4) is 0 Å². The SMILES string of the molecule is COCC(OC(C)(C)CBr)C(C)C. The van der Waals surface area contributed by atoms with Gasteiger partial charge in [0.2, 0.25) is 0 Å². The van der Waals surface area contributed by atoms with E-state index in [1.807, 2.05) is 0 Å². The van der Waals surface area contributed by atoms with Gasteiger partial charge in [0.05, 0.1) is 18.3 Å². The topological polar surface area (TPSA) is 18.5 Å². The number of alkyl halides is 1. The monoisotopic (exact) mass is 252 g/mol. The summed E-state index contributed by atoms with van der Waals surface area (Å²) in [4.78, 5) is 0. The van der Waals surface area contributed by atoms with Gasteiger partial charge in [-0.15, -0.1) is 0 Å². The Bertz CT molecular complexity index is 135. The maximum atomic E-state index is 5.92. The fourth-order valence-electron chi connectivity index (χ4n) is 0.968. The average molecular weight is 253 g/mol. The van der Waals surface area contributed by atoms with Crippen LogP contribution in [-0.2, 0) is 9.47 Å². The second-order valence-corrected chi connectivity index (χ2v) is 4.81. The lowest BCUT2D eigenvalue weighted by atomic mass is 10.1. The van der Waals surface area contributed by atoms with E-state index in [4.69, 9.17) is 9.47 Å². The van der Waals surface area contributed by atoms with Crippen LogP contribution in [-0.4, -0.2) is 30.8 Å². The summed E-state index contributed by atoms with van der Waals surface area (Å²) in [5, 5.41) is 0.840. The Morgan fingerprint density at radius 3 is 2.15 bits per heavy atom. The van der Waals surface area contributed by atoms with Crippen molar-refractivity contribution in [3.63, 3.8) is 0 Å². The average Bonchev–Trinajstić information content (AvgIpc) is 2.03. The Kier molecular flexibility index (Phi) is 6.18. The molecule has 2 nitrogen and oxygen atoms in total. The van der Waals surface area contributed by atoms with Crippen LogP contribution < -0.4 is 0 Å². The molecule has 0 aromatic rings. The van der Waals surface area contributed by atoms with Crippen molar-refractivity contribution in [1.82, 2.24) is 0 Å². The molecule has 1 unspecified atom stereocenters. The van der Waals surface area contributed by atoms with Crippen LogP contribution >= 0.6 is 15.9 Å². The van der Waals surface area contributed by atoms with E-state index in [2.05, 4.69) is 43.6 Å². The van der Waals surface area contributed by atoms with Crippen molar-refractivity contribution in [3.8, 4) is 0 Å². The van der Waals surface area contributed by atoms with Crippen LogP contribution in [0.5, 0.6) is 0 Å². The van der Waals surface area contributed by atoms with Crippen LogP contribution in [0.25, 0.3) is 0 Å². The number of methoxy groups -OCH3 is 1. The molecule has 0 radical (unpaired) electrons. The van der Waals surface area contributed by atoms with Crippen molar-refractivity contribution < 1.29 is 9.47 Å². The number of hydrogen-bond acceptors (Lipinski definition) is 2. The maximum absolute atomic E-state index is 5.92. The first-order valence-corrected chi connectivity index (χ1v) is 5.78. The lowest BCUT2D eigenvalue weighted by Gasteiger charge is -2.31. The molecule has 0 saturated carbocycles. The third kappa shape index (κ3) is 5.66. The fraction of sp³-hybridized carbons (Fsp3) is 1.00.